The van der Waals surface area contributed by atoms with E-state index < -0.39 is 0 Å². The quantitative estimate of drug-likeness (QED) is 0.788. The Morgan fingerprint density at radius 2 is 1.89 bits per heavy atom. The first-order chi connectivity index (χ1) is 8.69. The predicted octanol–water partition coefficient (Wildman–Crippen LogP) is 4.65. The molecule has 0 heterocycles. The normalized spacial score (nSPS) is 10.4. The number of hydrogen-bond acceptors (Lipinski definition) is 1. The Labute approximate surface area is 114 Å². The summed E-state index contributed by atoms with van der Waals surface area (Å²) in [5, 5.41) is 3.45. The number of anilines is 1. The number of aryl methyl sites for hydroxylation is 2. The van der Waals surface area contributed by atoms with Crippen molar-refractivity contribution in [3.63, 3.8) is 0 Å². The molecule has 0 unspecified atom stereocenters. The molecule has 94 valence electrons. The minimum Gasteiger partial charge on any atom is -0.381 e. The topological polar surface area (TPSA) is 12.0 Å². The lowest BCUT2D eigenvalue weighted by molar-refractivity contribution is 1.11. The summed E-state index contributed by atoms with van der Waals surface area (Å²) in [6.45, 7) is 5.11. The molecule has 2 aromatic rings. The molecule has 0 aliphatic heterocycles. The molecule has 0 amide bonds. The van der Waals surface area contributed by atoms with E-state index in [0.717, 1.165) is 17.8 Å². The summed E-state index contributed by atoms with van der Waals surface area (Å²) in [5.74, 6) is 0.555. The van der Waals surface area contributed by atoms with Crippen LogP contribution in [-0.4, -0.2) is 0 Å². The van der Waals surface area contributed by atoms with E-state index in [1.54, 1.807) is 0 Å². The van der Waals surface area contributed by atoms with E-state index in [9.17, 15) is 0 Å². The molecule has 0 spiro atoms. The van der Waals surface area contributed by atoms with Crippen molar-refractivity contribution in [2.75, 3.05) is 5.32 Å². The van der Waals surface area contributed by atoms with Gasteiger partial charge in [0.2, 0.25) is 0 Å². The van der Waals surface area contributed by atoms with Crippen LogP contribution in [-0.2, 0) is 12.4 Å². The van der Waals surface area contributed by atoms with Crippen LogP contribution in [0.5, 0.6) is 0 Å². The molecule has 0 aliphatic carbocycles. The average Bonchev–Trinajstić information content (AvgIpc) is 2.40. The summed E-state index contributed by atoms with van der Waals surface area (Å²) >= 11 is 5.83. The third-order valence-corrected chi connectivity index (χ3v) is 3.38. The van der Waals surface area contributed by atoms with Crippen molar-refractivity contribution in [2.24, 2.45) is 0 Å². The van der Waals surface area contributed by atoms with Crippen molar-refractivity contribution < 1.29 is 0 Å². The summed E-state index contributed by atoms with van der Waals surface area (Å²) in [5.41, 5.74) is 6.22. The van der Waals surface area contributed by atoms with Gasteiger partial charge in [-0.1, -0.05) is 35.9 Å². The van der Waals surface area contributed by atoms with Crippen LogP contribution in [0.2, 0.25) is 0 Å². The van der Waals surface area contributed by atoms with Gasteiger partial charge in [0, 0.05) is 18.1 Å². The highest BCUT2D eigenvalue weighted by Gasteiger charge is 1.99. The fourth-order valence-electron chi connectivity index (χ4n) is 1.95. The van der Waals surface area contributed by atoms with Gasteiger partial charge in [-0.05, 0) is 42.7 Å². The van der Waals surface area contributed by atoms with Crippen molar-refractivity contribution in [1.82, 2.24) is 0 Å². The van der Waals surface area contributed by atoms with Crippen LogP contribution in [0, 0.1) is 13.8 Å². The largest absolute Gasteiger partial charge is 0.381 e. The fraction of sp³-hybridized carbons (Fsp3) is 0.250. The van der Waals surface area contributed by atoms with Crippen molar-refractivity contribution in [3.8, 4) is 0 Å². The minimum atomic E-state index is 0.555. The number of benzene rings is 2. The Hall–Kier alpha value is -1.47. The number of nitrogens with one attached hydrogen (secondary N) is 1. The first-order valence-electron chi connectivity index (χ1n) is 6.14. The van der Waals surface area contributed by atoms with Gasteiger partial charge in [0.15, 0.2) is 0 Å². The maximum atomic E-state index is 5.83. The van der Waals surface area contributed by atoms with Gasteiger partial charge in [-0.2, -0.15) is 0 Å². The molecule has 0 atom stereocenters. The van der Waals surface area contributed by atoms with Crippen LogP contribution >= 0.6 is 11.6 Å². The number of hydrogen-bond donors (Lipinski definition) is 1. The first kappa shape index (κ1) is 13.0. The maximum Gasteiger partial charge on any atom is 0.0474 e. The van der Waals surface area contributed by atoms with Crippen LogP contribution in [0.1, 0.15) is 22.3 Å². The SMILES string of the molecule is Cc1ccc(C)c(CNc2cccc(CCl)c2)c1. The third kappa shape index (κ3) is 3.27. The Bertz CT molecular complexity index is 534. The number of rotatable bonds is 4. The highest BCUT2D eigenvalue weighted by atomic mass is 35.5. The van der Waals surface area contributed by atoms with E-state index in [4.69, 9.17) is 11.6 Å². The second kappa shape index (κ2) is 5.92. The van der Waals surface area contributed by atoms with Gasteiger partial charge >= 0.3 is 0 Å². The van der Waals surface area contributed by atoms with Gasteiger partial charge < -0.3 is 5.32 Å². The molecule has 0 saturated carbocycles. The summed E-state index contributed by atoms with van der Waals surface area (Å²) in [4.78, 5) is 0. The molecule has 0 saturated heterocycles. The van der Waals surface area contributed by atoms with Crippen LogP contribution in [0.3, 0.4) is 0 Å². The summed E-state index contributed by atoms with van der Waals surface area (Å²) in [6, 6.07) is 14.8. The van der Waals surface area contributed by atoms with Gasteiger partial charge in [0.1, 0.15) is 0 Å². The molecular weight excluding hydrogens is 242 g/mol. The van der Waals surface area contributed by atoms with Gasteiger partial charge in [0.05, 0.1) is 0 Å². The Balaban J connectivity index is 2.08. The van der Waals surface area contributed by atoms with Crippen LogP contribution in [0.15, 0.2) is 42.5 Å². The van der Waals surface area contributed by atoms with Crippen molar-refractivity contribution in [3.05, 3.63) is 64.7 Å². The summed E-state index contributed by atoms with van der Waals surface area (Å²) in [6.07, 6.45) is 0. The van der Waals surface area contributed by atoms with Crippen molar-refractivity contribution in [2.45, 2.75) is 26.3 Å². The van der Waals surface area contributed by atoms with E-state index in [-0.39, 0.29) is 0 Å². The second-order valence-electron chi connectivity index (χ2n) is 4.62. The average molecular weight is 260 g/mol. The maximum absolute atomic E-state index is 5.83. The van der Waals surface area contributed by atoms with Gasteiger partial charge in [-0.3, -0.25) is 0 Å². The standard InChI is InChI=1S/C16H18ClN/c1-12-6-7-13(2)15(8-12)11-18-16-5-3-4-14(9-16)10-17/h3-9,18H,10-11H2,1-2H3. The lowest BCUT2D eigenvalue weighted by atomic mass is 10.1. The molecule has 2 aromatic carbocycles. The second-order valence-corrected chi connectivity index (χ2v) is 4.88. The Morgan fingerprint density at radius 3 is 2.67 bits per heavy atom. The zero-order valence-corrected chi connectivity index (χ0v) is 11.6. The van der Waals surface area contributed by atoms with E-state index >= 15 is 0 Å². The fourth-order valence-corrected chi connectivity index (χ4v) is 2.12. The van der Waals surface area contributed by atoms with Crippen LogP contribution in [0.25, 0.3) is 0 Å². The minimum absolute atomic E-state index is 0.555. The molecular formula is C16H18ClN. The van der Waals surface area contributed by atoms with Crippen molar-refractivity contribution in [1.29, 1.82) is 0 Å². The Morgan fingerprint density at radius 1 is 1.06 bits per heavy atom. The van der Waals surface area contributed by atoms with Gasteiger partial charge in [-0.15, -0.1) is 11.6 Å². The summed E-state index contributed by atoms with van der Waals surface area (Å²) in [7, 11) is 0. The molecule has 1 nitrogen and oxygen atoms in total. The van der Waals surface area contributed by atoms with E-state index in [1.807, 2.05) is 12.1 Å². The van der Waals surface area contributed by atoms with Crippen molar-refractivity contribution >= 4 is 17.3 Å². The van der Waals surface area contributed by atoms with Gasteiger partial charge in [-0.25, -0.2) is 0 Å². The zero-order valence-electron chi connectivity index (χ0n) is 10.8. The first-order valence-corrected chi connectivity index (χ1v) is 6.67. The molecule has 0 bridgehead atoms. The van der Waals surface area contributed by atoms with Crippen LogP contribution in [0.4, 0.5) is 5.69 Å². The zero-order chi connectivity index (χ0) is 13.0. The molecule has 0 aromatic heterocycles. The molecule has 0 aliphatic rings. The molecule has 2 heteroatoms. The molecule has 2 rings (SSSR count). The highest BCUT2D eigenvalue weighted by Crippen LogP contribution is 2.16. The number of halogens is 1. The predicted molar refractivity (Wildman–Crippen MR) is 79.2 cm³/mol. The lowest BCUT2D eigenvalue weighted by Crippen LogP contribution is -2.02. The Kier molecular flexibility index (Phi) is 4.27. The van der Waals surface area contributed by atoms with E-state index in [0.29, 0.717) is 5.88 Å². The molecule has 0 radical (unpaired) electrons. The van der Waals surface area contributed by atoms with E-state index in [1.165, 1.54) is 16.7 Å². The highest BCUT2D eigenvalue weighted by molar-refractivity contribution is 6.17. The third-order valence-electron chi connectivity index (χ3n) is 3.07. The monoisotopic (exact) mass is 259 g/mol. The smallest absolute Gasteiger partial charge is 0.0474 e. The van der Waals surface area contributed by atoms with Crippen LogP contribution < -0.4 is 5.32 Å². The number of alkyl halides is 1. The lowest BCUT2D eigenvalue weighted by Gasteiger charge is -2.10. The van der Waals surface area contributed by atoms with E-state index in [2.05, 4.69) is 49.5 Å². The molecule has 18 heavy (non-hydrogen) atoms. The molecule has 0 fully saturated rings. The molecule has 1 N–H and O–H groups in total. The summed E-state index contributed by atoms with van der Waals surface area (Å²) < 4.78 is 0. The van der Waals surface area contributed by atoms with Gasteiger partial charge in [0.25, 0.3) is 0 Å².